The number of ether oxygens (including phenoxy) is 1. The molecule has 0 N–H and O–H groups in total. The Balaban J connectivity index is 1.93. The van der Waals surface area contributed by atoms with Crippen molar-refractivity contribution in [2.45, 2.75) is 0 Å². The number of rotatable bonds is 1. The summed E-state index contributed by atoms with van der Waals surface area (Å²) >= 11 is 1.87. The summed E-state index contributed by atoms with van der Waals surface area (Å²) in [6.07, 6.45) is -0.253. The lowest BCUT2D eigenvalue weighted by molar-refractivity contribution is 0.157. The van der Waals surface area contributed by atoms with Crippen LogP contribution < -0.4 is 4.74 Å². The first kappa shape index (κ1) is 11.3. The van der Waals surface area contributed by atoms with Crippen LogP contribution in [0.2, 0.25) is 0 Å². The summed E-state index contributed by atoms with van der Waals surface area (Å²) in [6, 6.07) is 7.18. The van der Waals surface area contributed by atoms with E-state index in [1.807, 2.05) is 23.9 Å². The van der Waals surface area contributed by atoms with Crippen molar-refractivity contribution in [3.63, 3.8) is 0 Å². The van der Waals surface area contributed by atoms with Crippen molar-refractivity contribution in [2.24, 2.45) is 0 Å². The zero-order chi connectivity index (χ0) is 11.4. The number of thioether (sulfide) groups is 1. The number of hydrogen-bond acceptors (Lipinski definition) is 3. The lowest BCUT2D eigenvalue weighted by atomic mass is 10.2. The lowest BCUT2D eigenvalue weighted by Gasteiger charge is -2.25. The van der Waals surface area contributed by atoms with E-state index in [2.05, 4.69) is 6.92 Å². The van der Waals surface area contributed by atoms with E-state index < -0.39 is 0 Å². The van der Waals surface area contributed by atoms with E-state index in [1.165, 1.54) is 0 Å². The van der Waals surface area contributed by atoms with E-state index in [9.17, 15) is 4.79 Å². The molecule has 85 valence electrons. The van der Waals surface area contributed by atoms with E-state index in [0.29, 0.717) is 5.75 Å². The van der Waals surface area contributed by atoms with Crippen LogP contribution in [0.15, 0.2) is 24.3 Å². The van der Waals surface area contributed by atoms with E-state index in [1.54, 1.807) is 17.0 Å². The minimum atomic E-state index is -0.253. The molecular weight excluding hydrogens is 222 g/mol. The first-order valence-corrected chi connectivity index (χ1v) is 6.38. The Morgan fingerprint density at radius 2 is 1.88 bits per heavy atom. The second-order valence-corrected chi connectivity index (χ2v) is 4.84. The van der Waals surface area contributed by atoms with Gasteiger partial charge in [-0.25, -0.2) is 4.79 Å². The van der Waals surface area contributed by atoms with Crippen molar-refractivity contribution < 1.29 is 9.53 Å². The summed E-state index contributed by atoms with van der Waals surface area (Å²) in [5.74, 6) is 2.57. The summed E-state index contributed by atoms with van der Waals surface area (Å²) in [6.45, 7) is 5.33. The molecule has 1 saturated heterocycles. The molecule has 4 heteroatoms. The Bertz CT molecular complexity index is 358. The summed E-state index contributed by atoms with van der Waals surface area (Å²) in [5, 5.41) is 0. The van der Waals surface area contributed by atoms with Gasteiger partial charge in [-0.2, -0.15) is 11.8 Å². The Kier molecular flexibility index (Phi) is 3.72. The summed E-state index contributed by atoms with van der Waals surface area (Å²) < 4.78 is 5.26. The second-order valence-electron chi connectivity index (χ2n) is 3.61. The van der Waals surface area contributed by atoms with Crippen molar-refractivity contribution in [1.29, 1.82) is 0 Å². The summed E-state index contributed by atoms with van der Waals surface area (Å²) in [7, 11) is 0. The third kappa shape index (κ3) is 2.92. The van der Waals surface area contributed by atoms with Gasteiger partial charge in [0.05, 0.1) is 0 Å². The molecule has 16 heavy (non-hydrogen) atoms. The Labute approximate surface area is 99.8 Å². The fraction of sp³-hybridized carbons (Fsp3) is 0.333. The molecule has 1 amide bonds. The molecule has 0 aromatic heterocycles. The molecule has 1 aromatic carbocycles. The normalized spacial score (nSPS) is 15.9. The fourth-order valence-electron chi connectivity index (χ4n) is 1.47. The first-order valence-electron chi connectivity index (χ1n) is 5.22. The van der Waals surface area contributed by atoms with Gasteiger partial charge in [0.25, 0.3) is 0 Å². The number of nitrogens with zero attached hydrogens (tertiary/aromatic N) is 1. The van der Waals surface area contributed by atoms with Gasteiger partial charge in [-0.05, 0) is 24.6 Å². The molecule has 1 aromatic rings. The maximum Gasteiger partial charge on any atom is 0.415 e. The van der Waals surface area contributed by atoms with Crippen LogP contribution in [0.1, 0.15) is 5.56 Å². The first-order chi connectivity index (χ1) is 7.75. The van der Waals surface area contributed by atoms with Gasteiger partial charge < -0.3 is 9.64 Å². The van der Waals surface area contributed by atoms with Crippen LogP contribution in [0.5, 0.6) is 5.75 Å². The van der Waals surface area contributed by atoms with Crippen molar-refractivity contribution in [2.75, 3.05) is 24.6 Å². The van der Waals surface area contributed by atoms with Gasteiger partial charge in [0.2, 0.25) is 0 Å². The zero-order valence-electron chi connectivity index (χ0n) is 9.02. The third-order valence-corrected chi connectivity index (χ3v) is 3.34. The minimum absolute atomic E-state index is 0.253. The predicted molar refractivity (Wildman–Crippen MR) is 65.8 cm³/mol. The average molecular weight is 236 g/mol. The molecule has 0 bridgehead atoms. The van der Waals surface area contributed by atoms with Crippen LogP contribution in [0.4, 0.5) is 4.79 Å². The molecular formula is C12H14NO2S. The highest BCUT2D eigenvalue weighted by Gasteiger charge is 2.18. The zero-order valence-corrected chi connectivity index (χ0v) is 9.83. The van der Waals surface area contributed by atoms with Crippen LogP contribution in [0.25, 0.3) is 0 Å². The topological polar surface area (TPSA) is 29.5 Å². The SMILES string of the molecule is [CH2]c1ccc(OC(=O)N2CCSCC2)cc1. The molecule has 0 saturated carbocycles. The smallest absolute Gasteiger partial charge is 0.410 e. The highest BCUT2D eigenvalue weighted by atomic mass is 32.2. The van der Waals surface area contributed by atoms with Crippen LogP contribution in [-0.4, -0.2) is 35.6 Å². The van der Waals surface area contributed by atoms with Gasteiger partial charge in [-0.3, -0.25) is 0 Å². The van der Waals surface area contributed by atoms with Crippen molar-refractivity contribution in [3.8, 4) is 5.75 Å². The van der Waals surface area contributed by atoms with Crippen LogP contribution in [-0.2, 0) is 0 Å². The summed E-state index contributed by atoms with van der Waals surface area (Å²) in [4.78, 5) is 13.5. The molecule has 3 nitrogen and oxygen atoms in total. The van der Waals surface area contributed by atoms with Crippen molar-refractivity contribution in [1.82, 2.24) is 4.90 Å². The number of hydrogen-bond donors (Lipinski definition) is 0. The molecule has 1 aliphatic rings. The van der Waals surface area contributed by atoms with E-state index in [-0.39, 0.29) is 6.09 Å². The Morgan fingerprint density at radius 1 is 1.25 bits per heavy atom. The largest absolute Gasteiger partial charge is 0.415 e. The van der Waals surface area contributed by atoms with Crippen molar-refractivity contribution >= 4 is 17.9 Å². The molecule has 1 fully saturated rings. The third-order valence-electron chi connectivity index (χ3n) is 2.40. The van der Waals surface area contributed by atoms with Crippen LogP contribution in [0.3, 0.4) is 0 Å². The maximum absolute atomic E-state index is 11.7. The molecule has 2 rings (SSSR count). The summed E-state index contributed by atoms with van der Waals surface area (Å²) in [5.41, 5.74) is 0.911. The van der Waals surface area contributed by atoms with Gasteiger partial charge in [-0.1, -0.05) is 12.1 Å². The van der Waals surface area contributed by atoms with Crippen LogP contribution >= 0.6 is 11.8 Å². The highest BCUT2D eigenvalue weighted by molar-refractivity contribution is 7.99. The number of carbonyl (C=O) groups is 1. The Morgan fingerprint density at radius 3 is 2.50 bits per heavy atom. The van der Waals surface area contributed by atoms with Gasteiger partial charge in [0.15, 0.2) is 0 Å². The molecule has 0 atom stereocenters. The standard InChI is InChI=1S/C12H14NO2S/c1-10-2-4-11(5-3-10)15-12(14)13-6-8-16-9-7-13/h2-5H,1,6-9H2. The molecule has 1 radical (unpaired) electrons. The quantitative estimate of drug-likeness (QED) is 0.750. The lowest BCUT2D eigenvalue weighted by Crippen LogP contribution is -2.39. The highest BCUT2D eigenvalue weighted by Crippen LogP contribution is 2.15. The van der Waals surface area contributed by atoms with Gasteiger partial charge >= 0.3 is 6.09 Å². The monoisotopic (exact) mass is 236 g/mol. The molecule has 0 spiro atoms. The van der Waals surface area contributed by atoms with E-state index >= 15 is 0 Å². The van der Waals surface area contributed by atoms with Crippen LogP contribution in [0, 0.1) is 6.92 Å². The van der Waals surface area contributed by atoms with Gasteiger partial charge in [0, 0.05) is 24.6 Å². The van der Waals surface area contributed by atoms with Gasteiger partial charge in [-0.15, -0.1) is 0 Å². The van der Waals surface area contributed by atoms with E-state index in [0.717, 1.165) is 30.2 Å². The number of benzene rings is 1. The number of carbonyl (C=O) groups excluding carboxylic acids is 1. The average Bonchev–Trinajstić information content (AvgIpc) is 2.33. The predicted octanol–water partition coefficient (Wildman–Crippen LogP) is 2.42. The molecule has 0 aliphatic carbocycles. The molecule has 0 unspecified atom stereocenters. The Hall–Kier alpha value is -1.16. The minimum Gasteiger partial charge on any atom is -0.410 e. The van der Waals surface area contributed by atoms with E-state index in [4.69, 9.17) is 4.74 Å². The second kappa shape index (κ2) is 5.25. The number of amides is 1. The maximum atomic E-state index is 11.7. The van der Waals surface area contributed by atoms with Crippen molar-refractivity contribution in [3.05, 3.63) is 36.8 Å². The fourth-order valence-corrected chi connectivity index (χ4v) is 2.37. The molecule has 1 aliphatic heterocycles. The molecule has 1 heterocycles. The van der Waals surface area contributed by atoms with Gasteiger partial charge in [0.1, 0.15) is 5.75 Å².